The molecule has 4 N–H and O–H groups in total. The molecule has 3 heterocycles. The lowest BCUT2D eigenvalue weighted by molar-refractivity contribution is 0.260. The van der Waals surface area contributed by atoms with Gasteiger partial charge in [0.15, 0.2) is 0 Å². The molecule has 1 aliphatic heterocycles. The number of halogens is 2. The third-order valence-corrected chi connectivity index (χ3v) is 7.65. The van der Waals surface area contributed by atoms with Crippen molar-refractivity contribution in [3.05, 3.63) is 107 Å². The molecule has 1 aliphatic carbocycles. The third-order valence-electron chi connectivity index (χ3n) is 7.36. The summed E-state index contributed by atoms with van der Waals surface area (Å²) < 4.78 is 13.7. The van der Waals surface area contributed by atoms with E-state index in [0.29, 0.717) is 51.7 Å². The third kappa shape index (κ3) is 5.77. The molecular formula is C31H27ClFN9. The quantitative estimate of drug-likeness (QED) is 0.162. The van der Waals surface area contributed by atoms with E-state index in [1.165, 1.54) is 18.5 Å². The molecule has 0 bridgehead atoms. The maximum atomic E-state index is 13.7. The van der Waals surface area contributed by atoms with Gasteiger partial charge in [-0.1, -0.05) is 48.0 Å². The van der Waals surface area contributed by atoms with Crippen molar-refractivity contribution < 1.29 is 4.39 Å². The van der Waals surface area contributed by atoms with Gasteiger partial charge in [0, 0.05) is 42.1 Å². The highest BCUT2D eigenvalue weighted by Gasteiger charge is 2.32. The number of nitriles is 2. The van der Waals surface area contributed by atoms with Crippen LogP contribution in [0.1, 0.15) is 54.5 Å². The first-order chi connectivity index (χ1) is 20.5. The molecule has 1 saturated carbocycles. The van der Waals surface area contributed by atoms with Gasteiger partial charge >= 0.3 is 0 Å². The Bertz CT molecular complexity index is 1710. The molecule has 2 aliphatic rings. The van der Waals surface area contributed by atoms with Crippen LogP contribution >= 0.6 is 11.6 Å². The van der Waals surface area contributed by atoms with Crippen molar-refractivity contribution in [2.45, 2.75) is 43.8 Å². The average Bonchev–Trinajstić information content (AvgIpc) is 3.75. The van der Waals surface area contributed by atoms with Gasteiger partial charge in [0.1, 0.15) is 6.07 Å². The van der Waals surface area contributed by atoms with Gasteiger partial charge < -0.3 is 16.1 Å². The van der Waals surface area contributed by atoms with Crippen LogP contribution in [0.2, 0.25) is 5.02 Å². The summed E-state index contributed by atoms with van der Waals surface area (Å²) in [7, 11) is 0. The Labute approximate surface area is 247 Å². The van der Waals surface area contributed by atoms with E-state index in [1.54, 1.807) is 12.1 Å². The summed E-state index contributed by atoms with van der Waals surface area (Å²) in [5.41, 5.74) is 11.1. The Balaban J connectivity index is 1.41. The van der Waals surface area contributed by atoms with Gasteiger partial charge in [0.2, 0.25) is 5.95 Å². The molecule has 2 atom stereocenters. The number of hydrogen-bond donors (Lipinski definition) is 4. The largest absolute Gasteiger partial charge is 0.377 e. The molecule has 1 fully saturated rings. The number of nitrogens with one attached hydrogen (secondary N) is 4. The fourth-order valence-corrected chi connectivity index (χ4v) is 5.35. The van der Waals surface area contributed by atoms with Crippen molar-refractivity contribution in [1.82, 2.24) is 25.9 Å². The van der Waals surface area contributed by atoms with Crippen LogP contribution in [0, 0.1) is 28.6 Å². The lowest BCUT2D eigenvalue weighted by Crippen LogP contribution is -2.38. The van der Waals surface area contributed by atoms with Crippen molar-refractivity contribution in [1.29, 1.82) is 10.5 Å². The smallest absolute Gasteiger partial charge is 0.212 e. The van der Waals surface area contributed by atoms with Gasteiger partial charge in [-0.3, -0.25) is 9.99 Å². The van der Waals surface area contributed by atoms with Gasteiger partial charge in [-0.15, -0.1) is 5.53 Å². The number of rotatable bonds is 10. The zero-order chi connectivity index (χ0) is 29.1. The minimum atomic E-state index is -0.562. The summed E-state index contributed by atoms with van der Waals surface area (Å²) in [6.07, 6.45) is 8.11. The molecule has 2 aromatic carbocycles. The molecule has 210 valence electrons. The van der Waals surface area contributed by atoms with Gasteiger partial charge in [-0.25, -0.2) is 4.98 Å². The minimum absolute atomic E-state index is 0.218. The van der Waals surface area contributed by atoms with Crippen LogP contribution in [0.4, 0.5) is 15.8 Å². The molecule has 0 unspecified atom stereocenters. The SMILES string of the molecule is N#CCC[C@@H](Nc1c(C#N)cnc2c(Cl)cc(N[C@@H](C3=CN(C4CC4)NN3)c3ccc(F)nc3)cc12)c1ccccc1. The Kier molecular flexibility index (Phi) is 7.74. The van der Waals surface area contributed by atoms with Crippen LogP contribution in [0.3, 0.4) is 0 Å². The van der Waals surface area contributed by atoms with Crippen molar-refractivity contribution in [3.8, 4) is 12.1 Å². The second-order valence-electron chi connectivity index (χ2n) is 10.3. The van der Waals surface area contributed by atoms with Crippen LogP contribution in [-0.2, 0) is 0 Å². The van der Waals surface area contributed by atoms with E-state index in [1.807, 2.05) is 47.6 Å². The van der Waals surface area contributed by atoms with E-state index in [4.69, 9.17) is 11.6 Å². The fraction of sp³-hybridized carbons (Fsp3) is 0.226. The molecule has 0 spiro atoms. The second-order valence-corrected chi connectivity index (χ2v) is 10.7. The van der Waals surface area contributed by atoms with Crippen molar-refractivity contribution in [3.63, 3.8) is 0 Å². The molecule has 0 amide bonds. The number of nitrogens with zero attached hydrogens (tertiary/aromatic N) is 5. The first-order valence-electron chi connectivity index (χ1n) is 13.6. The fourth-order valence-electron chi connectivity index (χ4n) is 5.08. The maximum Gasteiger partial charge on any atom is 0.212 e. The lowest BCUT2D eigenvalue weighted by atomic mass is 10.00. The van der Waals surface area contributed by atoms with E-state index < -0.39 is 12.0 Å². The Hall–Kier alpha value is -4.90. The van der Waals surface area contributed by atoms with Crippen LogP contribution in [-0.4, -0.2) is 21.0 Å². The molecule has 0 saturated heterocycles. The Morgan fingerprint density at radius 2 is 1.88 bits per heavy atom. The van der Waals surface area contributed by atoms with Gasteiger partial charge in [0.05, 0.1) is 45.6 Å². The Morgan fingerprint density at radius 3 is 2.60 bits per heavy atom. The topological polar surface area (TPSA) is 125 Å². The van der Waals surface area contributed by atoms with Crippen LogP contribution in [0.15, 0.2) is 78.9 Å². The van der Waals surface area contributed by atoms with Crippen LogP contribution < -0.4 is 21.6 Å². The van der Waals surface area contributed by atoms with E-state index in [0.717, 1.165) is 29.7 Å². The summed E-state index contributed by atoms with van der Waals surface area (Å²) in [5, 5.41) is 29.5. The highest BCUT2D eigenvalue weighted by Crippen LogP contribution is 2.38. The normalized spacial score (nSPS) is 15.7. The first kappa shape index (κ1) is 27.3. The number of benzene rings is 2. The molecule has 9 nitrogen and oxygen atoms in total. The molecule has 42 heavy (non-hydrogen) atoms. The second kappa shape index (κ2) is 11.9. The lowest BCUT2D eigenvalue weighted by Gasteiger charge is -2.23. The summed E-state index contributed by atoms with van der Waals surface area (Å²) in [5.74, 6) is -0.562. The predicted octanol–water partition coefficient (Wildman–Crippen LogP) is 6.23. The summed E-state index contributed by atoms with van der Waals surface area (Å²) in [6.45, 7) is 0. The zero-order valence-corrected chi connectivity index (χ0v) is 23.2. The monoisotopic (exact) mass is 579 g/mol. The predicted molar refractivity (Wildman–Crippen MR) is 159 cm³/mol. The van der Waals surface area contributed by atoms with E-state index in [9.17, 15) is 14.9 Å². The molecule has 4 aromatic rings. The van der Waals surface area contributed by atoms with Crippen molar-refractivity contribution in [2.24, 2.45) is 0 Å². The standard InChI is InChI=1S/C31H27ClFN9/c32-25-14-22(38-30(20-8-11-28(33)36-16-20)27-18-42(41-40-27)23-9-10-23)13-24-29(21(15-35)17-37-31(24)25)39-26(7-4-12-34)19-5-2-1-3-6-19/h1-3,5-6,8,11,13-14,16-18,23,26,30,38,40-41H,4,7,9-10H2,(H,37,39)/t26-,30-/m1/s1. The molecule has 0 radical (unpaired) electrons. The zero-order valence-electron chi connectivity index (χ0n) is 22.5. The molecule has 2 aromatic heterocycles. The average molecular weight is 580 g/mol. The highest BCUT2D eigenvalue weighted by atomic mass is 35.5. The minimum Gasteiger partial charge on any atom is -0.377 e. The van der Waals surface area contributed by atoms with Gasteiger partial charge in [0.25, 0.3) is 0 Å². The Morgan fingerprint density at radius 1 is 1.05 bits per heavy atom. The number of anilines is 2. The van der Waals surface area contributed by atoms with Crippen LogP contribution in [0.5, 0.6) is 0 Å². The van der Waals surface area contributed by atoms with E-state index >= 15 is 0 Å². The van der Waals surface area contributed by atoms with E-state index in [-0.39, 0.29) is 6.04 Å². The van der Waals surface area contributed by atoms with E-state index in [2.05, 4.69) is 43.7 Å². The number of fused-ring (bicyclic) bond motifs is 1. The number of hydrogen-bond acceptors (Lipinski definition) is 9. The number of hydrazine groups is 2. The molecule has 6 rings (SSSR count). The summed E-state index contributed by atoms with van der Waals surface area (Å²) in [6, 6.07) is 20.8. The van der Waals surface area contributed by atoms with Crippen molar-refractivity contribution >= 4 is 33.9 Å². The molecular weight excluding hydrogens is 553 g/mol. The van der Waals surface area contributed by atoms with Crippen molar-refractivity contribution in [2.75, 3.05) is 10.6 Å². The van der Waals surface area contributed by atoms with Gasteiger partial charge in [-0.05, 0) is 48.6 Å². The number of aromatic nitrogens is 2. The van der Waals surface area contributed by atoms with Crippen LogP contribution in [0.25, 0.3) is 10.9 Å². The van der Waals surface area contributed by atoms with Gasteiger partial charge in [-0.2, -0.15) is 14.9 Å². The molecule has 11 heteroatoms. The maximum absolute atomic E-state index is 13.7. The summed E-state index contributed by atoms with van der Waals surface area (Å²) in [4.78, 5) is 8.36. The number of pyridine rings is 2. The first-order valence-corrected chi connectivity index (χ1v) is 14.0. The highest BCUT2D eigenvalue weighted by molar-refractivity contribution is 6.35. The summed E-state index contributed by atoms with van der Waals surface area (Å²) >= 11 is 6.78.